The van der Waals surface area contributed by atoms with Gasteiger partial charge in [-0.3, -0.25) is 4.79 Å². The molecule has 1 heterocycles. The summed E-state index contributed by atoms with van der Waals surface area (Å²) >= 11 is 0. The van der Waals surface area contributed by atoms with Crippen molar-refractivity contribution in [2.75, 3.05) is 32.7 Å². The highest BCUT2D eigenvalue weighted by Gasteiger charge is 2.25. The van der Waals surface area contributed by atoms with Gasteiger partial charge in [0, 0.05) is 26.2 Å². The SMILES string of the molecule is CC(O)CCN1CCCC(C(=O)NCCN)C1. The van der Waals surface area contributed by atoms with Crippen LogP contribution in [-0.2, 0) is 4.79 Å². The summed E-state index contributed by atoms with van der Waals surface area (Å²) in [4.78, 5) is 14.1. The predicted octanol–water partition coefficient (Wildman–Crippen LogP) is -0.456. The van der Waals surface area contributed by atoms with Crippen molar-refractivity contribution < 1.29 is 9.90 Å². The van der Waals surface area contributed by atoms with Gasteiger partial charge in [-0.1, -0.05) is 0 Å². The van der Waals surface area contributed by atoms with Gasteiger partial charge >= 0.3 is 0 Å². The number of piperidine rings is 1. The van der Waals surface area contributed by atoms with E-state index in [0.29, 0.717) is 13.1 Å². The minimum absolute atomic E-state index is 0.0873. The molecule has 1 fully saturated rings. The summed E-state index contributed by atoms with van der Waals surface area (Å²) in [5.41, 5.74) is 5.36. The maximum Gasteiger partial charge on any atom is 0.224 e. The number of aliphatic hydroxyl groups excluding tert-OH is 1. The van der Waals surface area contributed by atoms with Gasteiger partial charge in [0.15, 0.2) is 0 Å². The van der Waals surface area contributed by atoms with Gasteiger partial charge < -0.3 is 21.1 Å². The fraction of sp³-hybridized carbons (Fsp3) is 0.917. The monoisotopic (exact) mass is 243 g/mol. The Kier molecular flexibility index (Phi) is 6.47. The molecule has 1 aliphatic heterocycles. The van der Waals surface area contributed by atoms with Crippen LogP contribution < -0.4 is 11.1 Å². The van der Waals surface area contributed by atoms with E-state index in [0.717, 1.165) is 38.9 Å². The Morgan fingerprint density at radius 3 is 3.06 bits per heavy atom. The van der Waals surface area contributed by atoms with Crippen molar-refractivity contribution in [2.45, 2.75) is 32.3 Å². The molecule has 0 saturated carbocycles. The van der Waals surface area contributed by atoms with E-state index < -0.39 is 0 Å². The third kappa shape index (κ3) is 5.48. The zero-order valence-electron chi connectivity index (χ0n) is 10.7. The average Bonchev–Trinajstić information content (AvgIpc) is 2.33. The van der Waals surface area contributed by atoms with Crippen molar-refractivity contribution in [3.8, 4) is 0 Å². The molecule has 1 aliphatic rings. The number of nitrogens with one attached hydrogen (secondary N) is 1. The lowest BCUT2D eigenvalue weighted by atomic mass is 9.97. The summed E-state index contributed by atoms with van der Waals surface area (Å²) in [7, 11) is 0. The first-order valence-corrected chi connectivity index (χ1v) is 6.51. The van der Waals surface area contributed by atoms with E-state index in [4.69, 9.17) is 5.73 Å². The molecular formula is C12H25N3O2. The Morgan fingerprint density at radius 1 is 1.65 bits per heavy atom. The maximum absolute atomic E-state index is 11.8. The molecule has 0 aromatic carbocycles. The molecule has 5 heteroatoms. The number of likely N-dealkylation sites (tertiary alicyclic amines) is 1. The third-order valence-corrected chi connectivity index (χ3v) is 3.18. The van der Waals surface area contributed by atoms with Crippen molar-refractivity contribution in [1.29, 1.82) is 0 Å². The number of aliphatic hydroxyl groups is 1. The van der Waals surface area contributed by atoms with Crippen LogP contribution in [0.15, 0.2) is 0 Å². The highest BCUT2D eigenvalue weighted by atomic mass is 16.3. The van der Waals surface area contributed by atoms with Gasteiger partial charge in [-0.2, -0.15) is 0 Å². The maximum atomic E-state index is 11.8. The van der Waals surface area contributed by atoms with Crippen LogP contribution in [0.5, 0.6) is 0 Å². The Morgan fingerprint density at radius 2 is 2.41 bits per heavy atom. The van der Waals surface area contributed by atoms with Crippen LogP contribution in [-0.4, -0.2) is 54.7 Å². The highest BCUT2D eigenvalue weighted by Crippen LogP contribution is 2.16. The van der Waals surface area contributed by atoms with Crippen LogP contribution in [0.25, 0.3) is 0 Å². The topological polar surface area (TPSA) is 78.6 Å². The van der Waals surface area contributed by atoms with E-state index in [-0.39, 0.29) is 17.9 Å². The summed E-state index contributed by atoms with van der Waals surface area (Å²) in [6.45, 7) is 5.57. The molecule has 1 amide bonds. The standard InChI is InChI=1S/C12H25N3O2/c1-10(16)4-8-15-7-2-3-11(9-15)12(17)14-6-5-13/h10-11,16H,2-9,13H2,1H3,(H,14,17). The van der Waals surface area contributed by atoms with E-state index in [9.17, 15) is 9.90 Å². The van der Waals surface area contributed by atoms with Crippen LogP contribution in [0.2, 0.25) is 0 Å². The van der Waals surface area contributed by atoms with Crippen molar-refractivity contribution in [3.05, 3.63) is 0 Å². The van der Waals surface area contributed by atoms with Crippen molar-refractivity contribution in [1.82, 2.24) is 10.2 Å². The average molecular weight is 243 g/mol. The minimum Gasteiger partial charge on any atom is -0.393 e. The quantitative estimate of drug-likeness (QED) is 0.590. The van der Waals surface area contributed by atoms with E-state index in [1.807, 2.05) is 0 Å². The van der Waals surface area contributed by atoms with Crippen molar-refractivity contribution >= 4 is 5.91 Å². The van der Waals surface area contributed by atoms with Crippen molar-refractivity contribution in [3.63, 3.8) is 0 Å². The molecule has 1 saturated heterocycles. The fourth-order valence-electron chi connectivity index (χ4n) is 2.18. The number of nitrogens with two attached hydrogens (primary N) is 1. The lowest BCUT2D eigenvalue weighted by molar-refractivity contribution is -0.126. The molecule has 0 aromatic heterocycles. The molecule has 4 N–H and O–H groups in total. The second-order valence-electron chi connectivity index (χ2n) is 4.86. The third-order valence-electron chi connectivity index (χ3n) is 3.18. The summed E-state index contributed by atoms with van der Waals surface area (Å²) in [6.07, 6.45) is 2.53. The highest BCUT2D eigenvalue weighted by molar-refractivity contribution is 5.78. The lowest BCUT2D eigenvalue weighted by Gasteiger charge is -2.32. The van der Waals surface area contributed by atoms with E-state index in [1.165, 1.54) is 0 Å². The number of carbonyl (C=O) groups excluding carboxylic acids is 1. The molecule has 0 aromatic rings. The first kappa shape index (κ1) is 14.4. The van der Waals surface area contributed by atoms with Crippen molar-refractivity contribution in [2.24, 2.45) is 11.7 Å². The number of amides is 1. The predicted molar refractivity (Wildman–Crippen MR) is 67.5 cm³/mol. The van der Waals surface area contributed by atoms with E-state index in [1.54, 1.807) is 6.92 Å². The van der Waals surface area contributed by atoms with Gasteiger partial charge in [0.25, 0.3) is 0 Å². The molecule has 2 unspecified atom stereocenters. The summed E-state index contributed by atoms with van der Waals surface area (Å²) in [6, 6.07) is 0. The van der Waals surface area contributed by atoms with Crippen LogP contribution in [0, 0.1) is 5.92 Å². The summed E-state index contributed by atoms with van der Waals surface area (Å²) in [5.74, 6) is 0.210. The Bertz CT molecular complexity index is 234. The molecule has 0 spiro atoms. The van der Waals surface area contributed by atoms with Gasteiger partial charge in [0.05, 0.1) is 12.0 Å². The molecule has 1 rings (SSSR count). The van der Waals surface area contributed by atoms with Gasteiger partial charge in [-0.25, -0.2) is 0 Å². The van der Waals surface area contributed by atoms with Gasteiger partial charge in [-0.05, 0) is 32.7 Å². The molecule has 0 bridgehead atoms. The largest absolute Gasteiger partial charge is 0.393 e. The van der Waals surface area contributed by atoms with Crippen LogP contribution in [0.1, 0.15) is 26.2 Å². The summed E-state index contributed by atoms with van der Waals surface area (Å²) < 4.78 is 0. The molecule has 0 radical (unpaired) electrons. The van der Waals surface area contributed by atoms with Gasteiger partial charge in [0.1, 0.15) is 0 Å². The number of nitrogens with zero attached hydrogens (tertiary/aromatic N) is 1. The zero-order chi connectivity index (χ0) is 12.7. The van der Waals surface area contributed by atoms with Crippen LogP contribution in [0.4, 0.5) is 0 Å². The molecule has 5 nitrogen and oxygen atoms in total. The van der Waals surface area contributed by atoms with Crippen LogP contribution >= 0.6 is 0 Å². The number of hydrogen-bond acceptors (Lipinski definition) is 4. The van der Waals surface area contributed by atoms with Gasteiger partial charge in [0.2, 0.25) is 5.91 Å². The van der Waals surface area contributed by atoms with E-state index in [2.05, 4.69) is 10.2 Å². The summed E-state index contributed by atoms with van der Waals surface area (Å²) in [5, 5.41) is 12.1. The van der Waals surface area contributed by atoms with Gasteiger partial charge in [-0.15, -0.1) is 0 Å². The second-order valence-corrected chi connectivity index (χ2v) is 4.86. The molecule has 17 heavy (non-hydrogen) atoms. The zero-order valence-corrected chi connectivity index (χ0v) is 10.7. The molecular weight excluding hydrogens is 218 g/mol. The Hall–Kier alpha value is -0.650. The lowest BCUT2D eigenvalue weighted by Crippen LogP contribution is -2.44. The fourth-order valence-corrected chi connectivity index (χ4v) is 2.18. The minimum atomic E-state index is -0.263. The number of hydrogen-bond donors (Lipinski definition) is 3. The second kappa shape index (κ2) is 7.63. The Labute approximate surface area is 103 Å². The Balaban J connectivity index is 2.30. The normalized spacial score (nSPS) is 23.4. The molecule has 100 valence electrons. The number of carbonyl (C=O) groups is 1. The van der Waals surface area contributed by atoms with E-state index >= 15 is 0 Å². The first-order chi connectivity index (χ1) is 8.13. The number of rotatable bonds is 6. The molecule has 0 aliphatic carbocycles. The molecule has 2 atom stereocenters. The first-order valence-electron chi connectivity index (χ1n) is 6.51. The van der Waals surface area contributed by atoms with Crippen LogP contribution in [0.3, 0.4) is 0 Å². The smallest absolute Gasteiger partial charge is 0.224 e.